The molecule has 1 fully saturated rings. The van der Waals surface area contributed by atoms with Crippen LogP contribution in [0.2, 0.25) is 0 Å². The molecular formula is C10H10F2N2O2. The number of non-ortho nitro benzene ring substituents is 1. The summed E-state index contributed by atoms with van der Waals surface area (Å²) in [5, 5.41) is 10.4. The zero-order valence-corrected chi connectivity index (χ0v) is 8.45. The molecule has 0 aromatic heterocycles. The molecule has 0 unspecified atom stereocenters. The minimum atomic E-state index is -0.867. The molecule has 1 aliphatic rings. The average Bonchev–Trinajstić information content (AvgIpc) is 2.69. The Kier molecular flexibility index (Phi) is 2.72. The lowest BCUT2D eigenvalue weighted by Crippen LogP contribution is -2.20. The summed E-state index contributed by atoms with van der Waals surface area (Å²) in [5.41, 5.74) is -0.707. The van der Waals surface area contributed by atoms with Crippen LogP contribution in [0.4, 0.5) is 20.2 Å². The molecule has 1 saturated heterocycles. The number of halogens is 2. The molecule has 86 valence electrons. The molecule has 0 radical (unpaired) electrons. The number of nitrogens with zero attached hydrogens (tertiary/aromatic N) is 2. The van der Waals surface area contributed by atoms with Crippen LogP contribution in [0.15, 0.2) is 12.1 Å². The topological polar surface area (TPSA) is 46.4 Å². The highest BCUT2D eigenvalue weighted by Crippen LogP contribution is 2.30. The molecule has 6 heteroatoms. The van der Waals surface area contributed by atoms with Crippen molar-refractivity contribution < 1.29 is 13.7 Å². The molecule has 1 aliphatic heterocycles. The molecule has 16 heavy (non-hydrogen) atoms. The number of rotatable bonds is 2. The van der Waals surface area contributed by atoms with Crippen LogP contribution in [0, 0.1) is 21.7 Å². The normalized spacial score (nSPS) is 15.5. The van der Waals surface area contributed by atoms with Gasteiger partial charge in [0.15, 0.2) is 11.6 Å². The highest BCUT2D eigenvalue weighted by Gasteiger charge is 2.23. The van der Waals surface area contributed by atoms with E-state index in [1.54, 1.807) is 4.90 Å². The first kappa shape index (κ1) is 10.8. The smallest absolute Gasteiger partial charge is 0.275 e. The molecular weight excluding hydrogens is 218 g/mol. The molecule has 0 amide bonds. The fourth-order valence-corrected chi connectivity index (χ4v) is 1.90. The van der Waals surface area contributed by atoms with E-state index in [0.29, 0.717) is 13.1 Å². The van der Waals surface area contributed by atoms with Crippen molar-refractivity contribution in [3.63, 3.8) is 0 Å². The zero-order valence-electron chi connectivity index (χ0n) is 8.45. The summed E-state index contributed by atoms with van der Waals surface area (Å²) in [6, 6.07) is 1.52. The van der Waals surface area contributed by atoms with Crippen molar-refractivity contribution in [2.75, 3.05) is 18.0 Å². The van der Waals surface area contributed by atoms with E-state index in [1.807, 2.05) is 0 Å². The van der Waals surface area contributed by atoms with Crippen molar-refractivity contribution in [2.45, 2.75) is 12.8 Å². The number of anilines is 1. The molecule has 4 nitrogen and oxygen atoms in total. The summed E-state index contributed by atoms with van der Waals surface area (Å²) in [6.45, 7) is 1.18. The fraction of sp³-hybridized carbons (Fsp3) is 0.400. The Balaban J connectivity index is 2.42. The van der Waals surface area contributed by atoms with Gasteiger partial charge in [0.05, 0.1) is 17.1 Å². The molecule has 1 aromatic carbocycles. The summed E-state index contributed by atoms with van der Waals surface area (Å²) < 4.78 is 27.1. The van der Waals surface area contributed by atoms with Crippen molar-refractivity contribution in [3.8, 4) is 0 Å². The largest absolute Gasteiger partial charge is 0.367 e. The second kappa shape index (κ2) is 4.03. The molecule has 1 heterocycles. The lowest BCUT2D eigenvalue weighted by molar-refractivity contribution is -0.385. The van der Waals surface area contributed by atoms with Gasteiger partial charge in [-0.2, -0.15) is 0 Å². The van der Waals surface area contributed by atoms with Crippen molar-refractivity contribution in [1.29, 1.82) is 0 Å². The van der Waals surface area contributed by atoms with E-state index in [1.165, 1.54) is 0 Å². The van der Waals surface area contributed by atoms with Gasteiger partial charge in [-0.3, -0.25) is 10.1 Å². The molecule has 0 saturated carbocycles. The van der Waals surface area contributed by atoms with Crippen LogP contribution < -0.4 is 4.90 Å². The summed E-state index contributed by atoms with van der Waals surface area (Å²) >= 11 is 0. The van der Waals surface area contributed by atoms with Crippen molar-refractivity contribution in [3.05, 3.63) is 33.9 Å². The van der Waals surface area contributed by atoms with Gasteiger partial charge in [-0.15, -0.1) is 0 Å². The molecule has 2 rings (SSSR count). The quantitative estimate of drug-likeness (QED) is 0.577. The van der Waals surface area contributed by atoms with E-state index >= 15 is 0 Å². The van der Waals surface area contributed by atoms with Crippen molar-refractivity contribution in [1.82, 2.24) is 0 Å². The van der Waals surface area contributed by atoms with Gasteiger partial charge < -0.3 is 4.90 Å². The Morgan fingerprint density at radius 3 is 2.12 bits per heavy atom. The number of benzene rings is 1. The fourth-order valence-electron chi connectivity index (χ4n) is 1.90. The summed E-state index contributed by atoms with van der Waals surface area (Å²) in [4.78, 5) is 11.2. The van der Waals surface area contributed by atoms with E-state index in [2.05, 4.69) is 0 Å². The van der Waals surface area contributed by atoms with Gasteiger partial charge in [0, 0.05) is 13.1 Å². The molecule has 0 aliphatic carbocycles. The molecule has 0 N–H and O–H groups in total. The van der Waals surface area contributed by atoms with Gasteiger partial charge in [0.25, 0.3) is 5.69 Å². The molecule has 0 atom stereocenters. The zero-order chi connectivity index (χ0) is 11.7. The number of nitro groups is 1. The van der Waals surface area contributed by atoms with Crippen LogP contribution in [0.5, 0.6) is 0 Å². The van der Waals surface area contributed by atoms with Crippen LogP contribution in [-0.2, 0) is 0 Å². The Bertz CT molecular complexity index is 408. The van der Waals surface area contributed by atoms with Crippen LogP contribution >= 0.6 is 0 Å². The van der Waals surface area contributed by atoms with Crippen molar-refractivity contribution in [2.24, 2.45) is 0 Å². The van der Waals surface area contributed by atoms with Gasteiger partial charge in [-0.05, 0) is 12.8 Å². The van der Waals surface area contributed by atoms with Gasteiger partial charge in [-0.25, -0.2) is 8.78 Å². The first-order chi connectivity index (χ1) is 7.59. The Morgan fingerprint density at radius 2 is 1.69 bits per heavy atom. The van der Waals surface area contributed by atoms with E-state index < -0.39 is 22.2 Å². The number of nitro benzene ring substituents is 1. The van der Waals surface area contributed by atoms with Gasteiger partial charge in [0.1, 0.15) is 5.69 Å². The third-order valence-electron chi connectivity index (χ3n) is 2.63. The van der Waals surface area contributed by atoms with E-state index in [4.69, 9.17) is 0 Å². The summed E-state index contributed by atoms with van der Waals surface area (Å²) in [7, 11) is 0. The Hall–Kier alpha value is -1.72. The van der Waals surface area contributed by atoms with Gasteiger partial charge >= 0.3 is 0 Å². The van der Waals surface area contributed by atoms with E-state index in [-0.39, 0.29) is 5.69 Å². The summed E-state index contributed by atoms with van der Waals surface area (Å²) in [6.07, 6.45) is 1.77. The second-order valence-electron chi connectivity index (χ2n) is 3.71. The maximum Gasteiger partial charge on any atom is 0.275 e. The minimum absolute atomic E-state index is 0.150. The third-order valence-corrected chi connectivity index (χ3v) is 2.63. The SMILES string of the molecule is O=[N+]([O-])c1cc(F)c(N2CCCC2)c(F)c1. The molecule has 1 aromatic rings. The molecule has 0 bridgehead atoms. The van der Waals surface area contributed by atoms with Crippen molar-refractivity contribution >= 4 is 11.4 Å². The predicted molar refractivity (Wildman–Crippen MR) is 54.5 cm³/mol. The summed E-state index contributed by atoms with van der Waals surface area (Å²) in [5.74, 6) is -1.73. The second-order valence-corrected chi connectivity index (χ2v) is 3.71. The highest BCUT2D eigenvalue weighted by molar-refractivity contribution is 5.54. The van der Waals surface area contributed by atoms with Crippen LogP contribution in [0.3, 0.4) is 0 Å². The van der Waals surface area contributed by atoms with Gasteiger partial charge in [0.2, 0.25) is 0 Å². The first-order valence-electron chi connectivity index (χ1n) is 4.98. The average molecular weight is 228 g/mol. The maximum absolute atomic E-state index is 13.5. The third kappa shape index (κ3) is 1.82. The predicted octanol–water partition coefficient (Wildman–Crippen LogP) is 2.47. The van der Waals surface area contributed by atoms with Gasteiger partial charge in [-0.1, -0.05) is 0 Å². The highest BCUT2D eigenvalue weighted by atomic mass is 19.1. The standard InChI is InChI=1S/C10H10F2N2O2/c11-8-5-7(14(15)16)6-9(12)10(8)13-3-1-2-4-13/h5-6H,1-4H2. The van der Waals surface area contributed by atoms with Crippen LogP contribution in [0.1, 0.15) is 12.8 Å². The number of hydrogen-bond acceptors (Lipinski definition) is 3. The van der Waals surface area contributed by atoms with E-state index in [9.17, 15) is 18.9 Å². The molecule has 0 spiro atoms. The maximum atomic E-state index is 13.5. The lowest BCUT2D eigenvalue weighted by atomic mass is 10.2. The Labute approximate surface area is 90.6 Å². The number of hydrogen-bond donors (Lipinski definition) is 0. The van der Waals surface area contributed by atoms with E-state index in [0.717, 1.165) is 25.0 Å². The Morgan fingerprint density at radius 1 is 1.19 bits per heavy atom. The first-order valence-corrected chi connectivity index (χ1v) is 4.98. The van der Waals surface area contributed by atoms with Crippen LogP contribution in [0.25, 0.3) is 0 Å². The monoisotopic (exact) mass is 228 g/mol. The lowest BCUT2D eigenvalue weighted by Gasteiger charge is -2.18. The minimum Gasteiger partial charge on any atom is -0.367 e. The van der Waals surface area contributed by atoms with Crippen LogP contribution in [-0.4, -0.2) is 18.0 Å².